The first kappa shape index (κ1) is 11.9. The predicted molar refractivity (Wildman–Crippen MR) is 65.0 cm³/mol. The number of halogens is 1. The minimum atomic E-state index is 0.706. The molecule has 0 spiro atoms. The van der Waals surface area contributed by atoms with Gasteiger partial charge in [-0.2, -0.15) is 0 Å². The second-order valence-electron chi connectivity index (χ2n) is 3.39. The number of aromatic nitrogens is 2. The van der Waals surface area contributed by atoms with Gasteiger partial charge in [-0.15, -0.1) is 10.2 Å². The van der Waals surface area contributed by atoms with Crippen LogP contribution in [0.1, 0.15) is 27.2 Å². The second-order valence-corrected chi connectivity index (χ2v) is 5.62. The lowest BCUT2D eigenvalue weighted by molar-refractivity contribution is 0.547. The average molecular weight is 278 g/mol. The summed E-state index contributed by atoms with van der Waals surface area (Å²) in [5.41, 5.74) is 0. The Hall–Kier alpha value is -0.160. The SMILES string of the molecule is CCC(C)CN(CC)c1nnc(Br)s1. The molecular formula is C9H16BrN3S. The maximum atomic E-state index is 4.12. The molecule has 1 unspecified atom stereocenters. The summed E-state index contributed by atoms with van der Waals surface area (Å²) >= 11 is 4.92. The van der Waals surface area contributed by atoms with Crippen molar-refractivity contribution in [1.82, 2.24) is 10.2 Å². The molecule has 1 rings (SSSR count). The highest BCUT2D eigenvalue weighted by atomic mass is 79.9. The van der Waals surface area contributed by atoms with Crippen molar-refractivity contribution in [3.63, 3.8) is 0 Å². The molecule has 80 valence electrons. The molecule has 14 heavy (non-hydrogen) atoms. The lowest BCUT2D eigenvalue weighted by Gasteiger charge is -2.22. The first-order valence-electron chi connectivity index (χ1n) is 4.91. The van der Waals surface area contributed by atoms with Crippen molar-refractivity contribution in [2.75, 3.05) is 18.0 Å². The average Bonchev–Trinajstić information content (AvgIpc) is 2.60. The molecule has 1 heterocycles. The van der Waals surface area contributed by atoms with Gasteiger partial charge in [-0.05, 0) is 28.8 Å². The molecule has 0 aliphatic heterocycles. The number of anilines is 1. The van der Waals surface area contributed by atoms with E-state index >= 15 is 0 Å². The Morgan fingerprint density at radius 3 is 2.57 bits per heavy atom. The topological polar surface area (TPSA) is 29.0 Å². The van der Waals surface area contributed by atoms with E-state index < -0.39 is 0 Å². The van der Waals surface area contributed by atoms with Crippen molar-refractivity contribution in [3.8, 4) is 0 Å². The normalized spacial score (nSPS) is 12.9. The summed E-state index contributed by atoms with van der Waals surface area (Å²) in [7, 11) is 0. The Labute approximate surface area is 97.7 Å². The third kappa shape index (κ3) is 3.20. The second kappa shape index (κ2) is 5.66. The lowest BCUT2D eigenvalue weighted by Crippen LogP contribution is -2.27. The van der Waals surface area contributed by atoms with Crippen LogP contribution in [0, 0.1) is 5.92 Å². The van der Waals surface area contributed by atoms with Gasteiger partial charge >= 0.3 is 0 Å². The smallest absolute Gasteiger partial charge is 0.209 e. The van der Waals surface area contributed by atoms with Crippen LogP contribution in [-0.2, 0) is 0 Å². The van der Waals surface area contributed by atoms with Crippen LogP contribution in [0.3, 0.4) is 0 Å². The molecule has 0 saturated carbocycles. The molecular weight excluding hydrogens is 262 g/mol. The molecule has 0 amide bonds. The molecule has 0 radical (unpaired) electrons. The van der Waals surface area contributed by atoms with Crippen molar-refractivity contribution in [2.24, 2.45) is 5.92 Å². The molecule has 1 atom stereocenters. The fourth-order valence-corrected chi connectivity index (χ4v) is 2.33. The van der Waals surface area contributed by atoms with E-state index in [-0.39, 0.29) is 0 Å². The number of hydrogen-bond acceptors (Lipinski definition) is 4. The van der Waals surface area contributed by atoms with Gasteiger partial charge in [0.15, 0.2) is 3.92 Å². The molecule has 0 aliphatic carbocycles. The summed E-state index contributed by atoms with van der Waals surface area (Å²) in [4.78, 5) is 2.27. The summed E-state index contributed by atoms with van der Waals surface area (Å²) in [5, 5.41) is 9.10. The van der Waals surface area contributed by atoms with Crippen molar-refractivity contribution in [1.29, 1.82) is 0 Å². The molecule has 0 N–H and O–H groups in total. The van der Waals surface area contributed by atoms with Crippen LogP contribution in [0.5, 0.6) is 0 Å². The summed E-state index contributed by atoms with van der Waals surface area (Å²) in [6.07, 6.45) is 1.20. The van der Waals surface area contributed by atoms with E-state index in [0.29, 0.717) is 5.92 Å². The highest BCUT2D eigenvalue weighted by Crippen LogP contribution is 2.24. The van der Waals surface area contributed by atoms with E-state index in [4.69, 9.17) is 0 Å². The third-order valence-electron chi connectivity index (χ3n) is 2.27. The fourth-order valence-electron chi connectivity index (χ4n) is 1.17. The zero-order chi connectivity index (χ0) is 10.6. The molecule has 0 saturated heterocycles. The molecule has 0 aromatic carbocycles. The quantitative estimate of drug-likeness (QED) is 0.828. The Balaban J connectivity index is 2.62. The van der Waals surface area contributed by atoms with Crippen LogP contribution in [0.15, 0.2) is 3.92 Å². The molecule has 0 aliphatic rings. The summed E-state index contributed by atoms with van der Waals surface area (Å²) in [5.74, 6) is 0.706. The van der Waals surface area contributed by atoms with Gasteiger partial charge in [-0.3, -0.25) is 0 Å². The van der Waals surface area contributed by atoms with E-state index in [9.17, 15) is 0 Å². The summed E-state index contributed by atoms with van der Waals surface area (Å²) < 4.78 is 0.857. The van der Waals surface area contributed by atoms with Gasteiger partial charge in [0.25, 0.3) is 0 Å². The van der Waals surface area contributed by atoms with Gasteiger partial charge in [-0.25, -0.2) is 0 Å². The van der Waals surface area contributed by atoms with Gasteiger partial charge < -0.3 is 4.90 Å². The molecule has 3 nitrogen and oxygen atoms in total. The Morgan fingerprint density at radius 1 is 1.43 bits per heavy atom. The molecule has 1 aromatic rings. The highest BCUT2D eigenvalue weighted by Gasteiger charge is 2.12. The first-order chi connectivity index (χ1) is 6.67. The van der Waals surface area contributed by atoms with Crippen LogP contribution in [0.25, 0.3) is 0 Å². The van der Waals surface area contributed by atoms with Gasteiger partial charge in [-0.1, -0.05) is 31.6 Å². The molecule has 0 bridgehead atoms. The molecule has 1 aromatic heterocycles. The van der Waals surface area contributed by atoms with E-state index in [1.807, 2.05) is 0 Å². The maximum Gasteiger partial charge on any atom is 0.209 e. The minimum Gasteiger partial charge on any atom is -0.347 e. The summed E-state index contributed by atoms with van der Waals surface area (Å²) in [6.45, 7) is 8.69. The standard InChI is InChI=1S/C9H16BrN3S/c1-4-7(3)6-13(5-2)9-12-11-8(10)14-9/h7H,4-6H2,1-3H3. The molecule has 0 fully saturated rings. The van der Waals surface area contributed by atoms with Crippen molar-refractivity contribution in [2.45, 2.75) is 27.2 Å². The number of rotatable bonds is 5. The largest absolute Gasteiger partial charge is 0.347 e. The van der Waals surface area contributed by atoms with Crippen LogP contribution in [-0.4, -0.2) is 23.3 Å². The van der Waals surface area contributed by atoms with E-state index in [2.05, 4.69) is 51.8 Å². The van der Waals surface area contributed by atoms with E-state index in [1.165, 1.54) is 6.42 Å². The van der Waals surface area contributed by atoms with Crippen molar-refractivity contribution >= 4 is 32.4 Å². The zero-order valence-electron chi connectivity index (χ0n) is 8.83. The van der Waals surface area contributed by atoms with Crippen LogP contribution in [0.4, 0.5) is 5.13 Å². The minimum absolute atomic E-state index is 0.706. The zero-order valence-corrected chi connectivity index (χ0v) is 11.2. The predicted octanol–water partition coefficient (Wildman–Crippen LogP) is 3.17. The first-order valence-corrected chi connectivity index (χ1v) is 6.52. The van der Waals surface area contributed by atoms with Gasteiger partial charge in [0.1, 0.15) is 0 Å². The van der Waals surface area contributed by atoms with E-state index in [0.717, 1.165) is 22.1 Å². The van der Waals surface area contributed by atoms with Crippen LogP contribution >= 0.6 is 27.3 Å². The number of hydrogen-bond donors (Lipinski definition) is 0. The molecule has 5 heteroatoms. The Kier molecular flexibility index (Phi) is 4.81. The maximum absolute atomic E-state index is 4.12. The third-order valence-corrected chi connectivity index (χ3v) is 3.69. The Bertz CT molecular complexity index is 277. The van der Waals surface area contributed by atoms with Gasteiger partial charge in [0.2, 0.25) is 5.13 Å². The summed E-state index contributed by atoms with van der Waals surface area (Å²) in [6, 6.07) is 0. The highest BCUT2D eigenvalue weighted by molar-refractivity contribution is 9.11. The van der Waals surface area contributed by atoms with Crippen molar-refractivity contribution in [3.05, 3.63) is 3.92 Å². The van der Waals surface area contributed by atoms with Gasteiger partial charge in [0, 0.05) is 13.1 Å². The number of nitrogens with zero attached hydrogens (tertiary/aromatic N) is 3. The van der Waals surface area contributed by atoms with Crippen LogP contribution in [0.2, 0.25) is 0 Å². The van der Waals surface area contributed by atoms with E-state index in [1.54, 1.807) is 11.3 Å². The monoisotopic (exact) mass is 277 g/mol. The fraction of sp³-hybridized carbons (Fsp3) is 0.778. The van der Waals surface area contributed by atoms with Crippen molar-refractivity contribution < 1.29 is 0 Å². The van der Waals surface area contributed by atoms with Gasteiger partial charge in [0.05, 0.1) is 0 Å². The van der Waals surface area contributed by atoms with Crippen LogP contribution < -0.4 is 4.90 Å². The Morgan fingerprint density at radius 2 is 2.14 bits per heavy atom. The lowest BCUT2D eigenvalue weighted by atomic mass is 10.1.